The first kappa shape index (κ1) is 36.3. The number of rotatable bonds is 12. The molecule has 4 amide bonds. The average Bonchev–Trinajstić information content (AvgIpc) is 3.35. The second kappa shape index (κ2) is 15.9. The Balaban J connectivity index is 1.97. The van der Waals surface area contributed by atoms with Crippen LogP contribution in [0.5, 0.6) is 0 Å². The fourth-order valence-electron chi connectivity index (χ4n) is 5.75. The molecule has 13 heteroatoms. The Bertz CT molecular complexity index is 1390. The minimum atomic E-state index is -1.23. The van der Waals surface area contributed by atoms with Gasteiger partial charge in [-0.1, -0.05) is 58.7 Å². The molecule has 0 saturated carbocycles. The number of methoxy groups -OCH3 is 1. The van der Waals surface area contributed by atoms with Crippen LogP contribution in [0.25, 0.3) is 10.9 Å². The van der Waals surface area contributed by atoms with Gasteiger partial charge in [-0.3, -0.25) is 14.2 Å². The lowest BCUT2D eigenvalue weighted by molar-refractivity contribution is -0.142. The lowest BCUT2D eigenvalue weighted by Gasteiger charge is -2.39. The van der Waals surface area contributed by atoms with E-state index in [1.165, 1.54) is 11.7 Å². The van der Waals surface area contributed by atoms with Crippen LogP contribution in [0.15, 0.2) is 30.5 Å². The van der Waals surface area contributed by atoms with Crippen LogP contribution in [0.3, 0.4) is 0 Å². The van der Waals surface area contributed by atoms with Gasteiger partial charge < -0.3 is 35.4 Å². The average molecular weight is 644 g/mol. The number of carbonyl (C=O) groups excluding carboxylic acids is 4. The summed E-state index contributed by atoms with van der Waals surface area (Å²) in [5.74, 6) is -2.46. The molecule has 0 bridgehead atoms. The summed E-state index contributed by atoms with van der Waals surface area (Å²) >= 11 is 0. The third kappa shape index (κ3) is 9.44. The van der Waals surface area contributed by atoms with Gasteiger partial charge in [0.25, 0.3) is 0 Å². The normalized spacial score (nSPS) is 18.7. The van der Waals surface area contributed by atoms with Gasteiger partial charge in [0.1, 0.15) is 18.1 Å². The molecule has 1 aromatic heterocycles. The van der Waals surface area contributed by atoms with Crippen LogP contribution in [0.1, 0.15) is 72.8 Å². The smallest absolute Gasteiger partial charge is 0.418 e. The zero-order chi connectivity index (χ0) is 34.2. The third-order valence-electron chi connectivity index (χ3n) is 8.02. The molecular weight excluding hydrogens is 594 g/mol. The molecule has 0 spiro atoms. The largest absolute Gasteiger partial charge is 0.480 e. The van der Waals surface area contributed by atoms with E-state index in [9.17, 15) is 29.1 Å². The number of carboxylic acid groups (broad SMARTS) is 1. The number of amides is 4. The summed E-state index contributed by atoms with van der Waals surface area (Å²) in [5.41, 5.74) is 0.736. The van der Waals surface area contributed by atoms with E-state index in [-0.39, 0.29) is 36.8 Å². The van der Waals surface area contributed by atoms with Crippen molar-refractivity contribution < 1.29 is 38.6 Å². The van der Waals surface area contributed by atoms with Crippen molar-refractivity contribution in [3.8, 4) is 0 Å². The maximum absolute atomic E-state index is 14.0. The molecule has 1 saturated heterocycles. The fourth-order valence-corrected chi connectivity index (χ4v) is 5.75. The van der Waals surface area contributed by atoms with Gasteiger partial charge in [-0.25, -0.2) is 14.4 Å². The van der Waals surface area contributed by atoms with Crippen LogP contribution in [0.4, 0.5) is 9.59 Å². The number of nitrogens with one attached hydrogen (secondary N) is 3. The SMILES string of the molecule is CCCC[C@@H](NC(=O)[C@@H](Cc1cn(C(=O)OC)c2ccccc12)NC(=O)[C@H](CC(C)(C)C)NC(=O)N1[C@H](C)COC[C@@H]1C)C(=O)O. The molecule has 1 aliphatic heterocycles. The van der Waals surface area contributed by atoms with Crippen molar-refractivity contribution in [2.75, 3.05) is 20.3 Å². The lowest BCUT2D eigenvalue weighted by atomic mass is 9.87. The Hall–Kier alpha value is -4.13. The highest BCUT2D eigenvalue weighted by molar-refractivity contribution is 5.95. The molecule has 4 N–H and O–H groups in total. The van der Waals surface area contributed by atoms with Gasteiger partial charge in [0.2, 0.25) is 11.8 Å². The van der Waals surface area contributed by atoms with E-state index in [0.717, 1.165) is 6.42 Å². The van der Waals surface area contributed by atoms with E-state index in [0.29, 0.717) is 36.1 Å². The quantitative estimate of drug-likeness (QED) is 0.272. The second-order valence-corrected chi connectivity index (χ2v) is 13.2. The molecule has 254 valence electrons. The number of hydrogen-bond acceptors (Lipinski definition) is 7. The van der Waals surface area contributed by atoms with E-state index >= 15 is 0 Å². The van der Waals surface area contributed by atoms with Gasteiger partial charge in [0.05, 0.1) is 37.9 Å². The summed E-state index contributed by atoms with van der Waals surface area (Å²) in [6, 6.07) is 2.86. The Kier molecular flexibility index (Phi) is 12.6. The number of fused-ring (bicyclic) bond motifs is 1. The molecule has 0 radical (unpaired) electrons. The lowest BCUT2D eigenvalue weighted by Crippen LogP contribution is -2.61. The summed E-state index contributed by atoms with van der Waals surface area (Å²) in [6.45, 7) is 12.2. The van der Waals surface area contributed by atoms with Crippen LogP contribution < -0.4 is 16.0 Å². The van der Waals surface area contributed by atoms with E-state index in [1.54, 1.807) is 35.4 Å². The standard InChI is InChI=1S/C33H49N5O8/c1-8-9-13-24(30(41)42)34-28(39)25(15-22-17-37(32(44)45-7)27-14-11-10-12-23(22)27)35-29(40)26(16-33(4,5)6)36-31(43)38-20(2)18-46-19-21(38)3/h10-12,14,17,20-21,24-26H,8-9,13,15-16,18-19H2,1-7H3,(H,34,39)(H,35,40)(H,36,43)(H,41,42)/t20-,21+,24-,25-,26+/m1/s1. The summed E-state index contributed by atoms with van der Waals surface area (Å²) in [7, 11) is 1.26. The number of nitrogens with zero attached hydrogens (tertiary/aromatic N) is 2. The number of morpholine rings is 1. The van der Waals surface area contributed by atoms with Crippen molar-refractivity contribution in [1.29, 1.82) is 0 Å². The Morgan fingerprint density at radius 2 is 1.59 bits per heavy atom. The molecule has 3 rings (SSSR count). The molecular formula is C33H49N5O8. The number of aliphatic carboxylic acids is 1. The number of aromatic nitrogens is 1. The number of hydrogen-bond donors (Lipinski definition) is 4. The van der Waals surface area contributed by atoms with Crippen molar-refractivity contribution in [1.82, 2.24) is 25.4 Å². The monoisotopic (exact) mass is 643 g/mol. The molecule has 1 fully saturated rings. The number of benzene rings is 1. The minimum absolute atomic E-state index is 0.0596. The highest BCUT2D eigenvalue weighted by Gasteiger charge is 2.36. The molecule has 2 heterocycles. The van der Waals surface area contributed by atoms with Crippen LogP contribution >= 0.6 is 0 Å². The van der Waals surface area contributed by atoms with Gasteiger partial charge >= 0.3 is 18.1 Å². The topological polar surface area (TPSA) is 168 Å². The Morgan fingerprint density at radius 3 is 2.17 bits per heavy atom. The summed E-state index contributed by atoms with van der Waals surface area (Å²) in [6.07, 6.45) is 2.67. The number of unbranched alkanes of at least 4 members (excludes halogenated alkanes) is 1. The van der Waals surface area contributed by atoms with Crippen molar-refractivity contribution in [3.63, 3.8) is 0 Å². The molecule has 2 aromatic rings. The molecule has 1 aromatic carbocycles. The van der Waals surface area contributed by atoms with E-state index in [4.69, 9.17) is 9.47 Å². The third-order valence-corrected chi connectivity index (χ3v) is 8.02. The minimum Gasteiger partial charge on any atom is -0.480 e. The first-order chi connectivity index (χ1) is 21.7. The van der Waals surface area contributed by atoms with Crippen LogP contribution in [-0.4, -0.2) is 95.0 Å². The highest BCUT2D eigenvalue weighted by Crippen LogP contribution is 2.25. The van der Waals surface area contributed by atoms with Crippen molar-refractivity contribution in [2.24, 2.45) is 5.41 Å². The summed E-state index contributed by atoms with van der Waals surface area (Å²) in [5, 5.41) is 18.7. The number of para-hydroxylation sites is 1. The zero-order valence-electron chi connectivity index (χ0n) is 27.9. The van der Waals surface area contributed by atoms with E-state index in [2.05, 4.69) is 16.0 Å². The zero-order valence-corrected chi connectivity index (χ0v) is 27.9. The highest BCUT2D eigenvalue weighted by atomic mass is 16.5. The summed E-state index contributed by atoms with van der Waals surface area (Å²) in [4.78, 5) is 67.4. The Labute approximate surface area is 270 Å². The van der Waals surface area contributed by atoms with Crippen molar-refractivity contribution in [3.05, 3.63) is 36.0 Å². The molecule has 1 aliphatic rings. The molecule has 5 atom stereocenters. The number of carbonyl (C=O) groups is 5. The van der Waals surface area contributed by atoms with Crippen molar-refractivity contribution in [2.45, 2.75) is 104 Å². The Morgan fingerprint density at radius 1 is 0.978 bits per heavy atom. The fraction of sp³-hybridized carbons (Fsp3) is 0.606. The van der Waals surface area contributed by atoms with Crippen LogP contribution in [-0.2, 0) is 30.3 Å². The molecule has 0 aliphatic carbocycles. The van der Waals surface area contributed by atoms with Gasteiger partial charge in [-0.15, -0.1) is 0 Å². The molecule has 0 unspecified atom stereocenters. The first-order valence-electron chi connectivity index (χ1n) is 15.8. The second-order valence-electron chi connectivity index (χ2n) is 13.2. The molecule has 13 nitrogen and oxygen atoms in total. The van der Waals surface area contributed by atoms with Gasteiger partial charge in [-0.2, -0.15) is 0 Å². The maximum Gasteiger partial charge on any atom is 0.418 e. The number of urea groups is 1. The first-order valence-corrected chi connectivity index (χ1v) is 15.8. The summed E-state index contributed by atoms with van der Waals surface area (Å²) < 4.78 is 11.8. The van der Waals surface area contributed by atoms with Crippen LogP contribution in [0, 0.1) is 5.41 Å². The van der Waals surface area contributed by atoms with Gasteiger partial charge in [-0.05, 0) is 43.7 Å². The van der Waals surface area contributed by atoms with E-state index in [1.807, 2.05) is 41.5 Å². The predicted octanol–water partition coefficient (Wildman–Crippen LogP) is 3.67. The molecule has 46 heavy (non-hydrogen) atoms. The van der Waals surface area contributed by atoms with Gasteiger partial charge in [0, 0.05) is 18.0 Å². The van der Waals surface area contributed by atoms with Crippen molar-refractivity contribution >= 4 is 40.8 Å². The number of carboxylic acids is 1. The number of ether oxygens (including phenoxy) is 2. The van der Waals surface area contributed by atoms with E-state index < -0.39 is 48.0 Å². The van der Waals surface area contributed by atoms with Crippen LogP contribution in [0.2, 0.25) is 0 Å². The maximum atomic E-state index is 14.0. The van der Waals surface area contributed by atoms with Gasteiger partial charge in [0.15, 0.2) is 0 Å². The predicted molar refractivity (Wildman–Crippen MR) is 172 cm³/mol.